The van der Waals surface area contributed by atoms with Crippen LogP contribution in [-0.4, -0.2) is 54.1 Å². The Balaban J connectivity index is 1.65. The molecule has 1 aliphatic heterocycles. The number of morpholine rings is 1. The molecule has 1 aromatic heterocycles. The second-order valence-electron chi connectivity index (χ2n) is 8.71. The normalized spacial score (nSPS) is 14.6. The summed E-state index contributed by atoms with van der Waals surface area (Å²) in [6.45, 7) is 7.59. The summed E-state index contributed by atoms with van der Waals surface area (Å²) in [4.78, 5) is 33.9. The van der Waals surface area contributed by atoms with Crippen molar-refractivity contribution in [1.82, 2.24) is 9.55 Å². The van der Waals surface area contributed by atoms with Crippen LogP contribution in [0.15, 0.2) is 52.4 Å². The van der Waals surface area contributed by atoms with Gasteiger partial charge in [-0.05, 0) is 43.2 Å². The lowest BCUT2D eigenvalue weighted by Gasteiger charge is -2.29. The number of aromatic nitrogens is 2. The van der Waals surface area contributed by atoms with Crippen LogP contribution in [0, 0.1) is 0 Å². The number of fused-ring (bicyclic) bond motifs is 1. The van der Waals surface area contributed by atoms with Crippen molar-refractivity contribution in [3.8, 4) is 5.75 Å². The summed E-state index contributed by atoms with van der Waals surface area (Å²) in [5, 5.41) is 3.73. The van der Waals surface area contributed by atoms with E-state index in [1.165, 1.54) is 11.8 Å². The topological polar surface area (TPSA) is 85.7 Å². The van der Waals surface area contributed by atoms with E-state index in [2.05, 4.69) is 17.1 Å². The number of benzene rings is 2. The number of methoxy groups -OCH3 is 1. The third kappa shape index (κ3) is 5.84. The minimum Gasteiger partial charge on any atom is -0.495 e. The van der Waals surface area contributed by atoms with Crippen molar-refractivity contribution in [1.29, 1.82) is 0 Å². The van der Waals surface area contributed by atoms with E-state index >= 15 is 0 Å². The molecule has 0 aliphatic carbocycles. The molecule has 0 unspecified atom stereocenters. The quantitative estimate of drug-likeness (QED) is 0.316. The molecule has 0 spiro atoms. The number of para-hydroxylation sites is 2. The molecular weight excluding hydrogens is 476 g/mol. The maximum absolute atomic E-state index is 13.7. The number of rotatable bonds is 10. The van der Waals surface area contributed by atoms with Crippen LogP contribution in [0.3, 0.4) is 0 Å². The molecular formula is C27H34N4O4S. The fraction of sp³-hybridized carbons (Fsp3) is 0.444. The Morgan fingerprint density at radius 3 is 2.69 bits per heavy atom. The van der Waals surface area contributed by atoms with E-state index in [1.54, 1.807) is 11.7 Å². The number of nitrogens with one attached hydrogen (secondary N) is 1. The number of unbranched alkanes of at least 4 members (excludes halogenated alkanes) is 1. The molecule has 2 aromatic carbocycles. The van der Waals surface area contributed by atoms with Crippen LogP contribution in [-0.2, 0) is 16.1 Å². The minimum atomic E-state index is -0.417. The maximum atomic E-state index is 13.7. The molecule has 1 N–H and O–H groups in total. The van der Waals surface area contributed by atoms with Crippen molar-refractivity contribution in [3.63, 3.8) is 0 Å². The van der Waals surface area contributed by atoms with Gasteiger partial charge in [-0.1, -0.05) is 44.2 Å². The van der Waals surface area contributed by atoms with Gasteiger partial charge in [-0.2, -0.15) is 0 Å². The lowest BCUT2D eigenvalue weighted by atomic mass is 10.2. The number of carbonyl (C=O) groups is 1. The van der Waals surface area contributed by atoms with Crippen LogP contribution >= 0.6 is 11.8 Å². The van der Waals surface area contributed by atoms with Crippen molar-refractivity contribution < 1.29 is 14.3 Å². The molecule has 1 amide bonds. The van der Waals surface area contributed by atoms with Crippen LogP contribution in [0.5, 0.6) is 5.75 Å². The second kappa shape index (κ2) is 12.3. The highest BCUT2D eigenvalue weighted by Gasteiger charge is 2.23. The molecule has 9 heteroatoms. The summed E-state index contributed by atoms with van der Waals surface area (Å²) in [5.41, 5.74) is 2.21. The number of hydrogen-bond donors (Lipinski definition) is 1. The Bertz CT molecular complexity index is 1260. The summed E-state index contributed by atoms with van der Waals surface area (Å²) in [7, 11) is 1.58. The molecule has 2 heterocycles. The Morgan fingerprint density at radius 2 is 1.97 bits per heavy atom. The number of carbonyl (C=O) groups excluding carboxylic acids is 1. The fourth-order valence-corrected chi connectivity index (χ4v) is 5.26. The van der Waals surface area contributed by atoms with E-state index in [0.29, 0.717) is 53.7 Å². The fourth-order valence-electron chi connectivity index (χ4n) is 4.22. The van der Waals surface area contributed by atoms with Crippen molar-refractivity contribution in [2.75, 3.05) is 43.6 Å². The monoisotopic (exact) mass is 510 g/mol. The average Bonchev–Trinajstić information content (AvgIpc) is 2.92. The standard InChI is InChI=1S/C27H34N4O4S/c1-4-6-13-31-26(33)20-18-19(30-14-16-35-17-15-30)11-12-21(20)29-27(31)36-24(5-2)25(32)28-22-9-7-8-10-23(22)34-3/h7-12,18,24H,4-6,13-17H2,1-3H3,(H,28,32)/t24-/m0/s1. The molecule has 8 nitrogen and oxygen atoms in total. The Labute approximate surface area is 216 Å². The molecule has 0 saturated carbocycles. The number of anilines is 2. The summed E-state index contributed by atoms with van der Waals surface area (Å²) in [5.74, 6) is 0.455. The number of amides is 1. The first-order valence-electron chi connectivity index (χ1n) is 12.5. The van der Waals surface area contributed by atoms with Crippen LogP contribution in [0.2, 0.25) is 0 Å². The number of ether oxygens (including phenoxy) is 2. The lowest BCUT2D eigenvalue weighted by molar-refractivity contribution is -0.115. The summed E-state index contributed by atoms with van der Waals surface area (Å²) >= 11 is 1.34. The first-order chi connectivity index (χ1) is 17.5. The average molecular weight is 511 g/mol. The summed E-state index contributed by atoms with van der Waals surface area (Å²) in [6, 6.07) is 13.2. The van der Waals surface area contributed by atoms with Crippen LogP contribution in [0.1, 0.15) is 33.1 Å². The van der Waals surface area contributed by atoms with E-state index in [9.17, 15) is 9.59 Å². The first-order valence-corrected chi connectivity index (χ1v) is 13.4. The lowest BCUT2D eigenvalue weighted by Crippen LogP contribution is -2.36. The predicted molar refractivity (Wildman–Crippen MR) is 146 cm³/mol. The van der Waals surface area contributed by atoms with Gasteiger partial charge in [0.25, 0.3) is 5.56 Å². The molecule has 36 heavy (non-hydrogen) atoms. The molecule has 1 aliphatic rings. The number of hydrogen-bond acceptors (Lipinski definition) is 7. The third-order valence-corrected chi connectivity index (χ3v) is 7.64. The van der Waals surface area contributed by atoms with E-state index in [1.807, 2.05) is 49.4 Å². The summed E-state index contributed by atoms with van der Waals surface area (Å²) in [6.07, 6.45) is 2.39. The van der Waals surface area contributed by atoms with E-state index in [4.69, 9.17) is 14.5 Å². The van der Waals surface area contributed by atoms with Gasteiger partial charge in [0.2, 0.25) is 5.91 Å². The van der Waals surface area contributed by atoms with Gasteiger partial charge >= 0.3 is 0 Å². The molecule has 3 aromatic rings. The largest absolute Gasteiger partial charge is 0.495 e. The highest BCUT2D eigenvalue weighted by Crippen LogP contribution is 2.29. The third-order valence-electron chi connectivity index (χ3n) is 6.29. The Kier molecular flexibility index (Phi) is 8.88. The minimum absolute atomic E-state index is 0.0638. The summed E-state index contributed by atoms with van der Waals surface area (Å²) < 4.78 is 12.6. The molecule has 0 radical (unpaired) electrons. The van der Waals surface area contributed by atoms with E-state index in [-0.39, 0.29) is 11.5 Å². The molecule has 1 fully saturated rings. The van der Waals surface area contributed by atoms with Gasteiger partial charge in [0.15, 0.2) is 5.16 Å². The van der Waals surface area contributed by atoms with Gasteiger partial charge in [-0.3, -0.25) is 14.2 Å². The molecule has 1 atom stereocenters. The van der Waals surface area contributed by atoms with Gasteiger partial charge in [0.1, 0.15) is 5.75 Å². The molecule has 0 bridgehead atoms. The number of nitrogens with zero attached hydrogens (tertiary/aromatic N) is 3. The van der Waals surface area contributed by atoms with Crippen LogP contribution < -0.4 is 20.5 Å². The Morgan fingerprint density at radius 1 is 1.19 bits per heavy atom. The SMILES string of the molecule is CCCCn1c(S[C@@H](CC)C(=O)Nc2ccccc2OC)nc2ccc(N3CCOCC3)cc2c1=O. The van der Waals surface area contributed by atoms with Crippen molar-refractivity contribution in [2.24, 2.45) is 0 Å². The maximum Gasteiger partial charge on any atom is 0.262 e. The van der Waals surface area contributed by atoms with Crippen molar-refractivity contribution in [2.45, 2.75) is 50.1 Å². The first kappa shape index (κ1) is 26.0. The van der Waals surface area contributed by atoms with Crippen LogP contribution in [0.25, 0.3) is 10.9 Å². The van der Waals surface area contributed by atoms with Gasteiger partial charge in [-0.25, -0.2) is 4.98 Å². The number of thioether (sulfide) groups is 1. The van der Waals surface area contributed by atoms with E-state index < -0.39 is 5.25 Å². The van der Waals surface area contributed by atoms with E-state index in [0.717, 1.165) is 31.6 Å². The highest BCUT2D eigenvalue weighted by molar-refractivity contribution is 8.00. The van der Waals surface area contributed by atoms with Crippen molar-refractivity contribution >= 4 is 39.9 Å². The zero-order valence-electron chi connectivity index (χ0n) is 21.2. The van der Waals surface area contributed by atoms with Gasteiger partial charge in [-0.15, -0.1) is 0 Å². The zero-order valence-corrected chi connectivity index (χ0v) is 22.0. The van der Waals surface area contributed by atoms with Gasteiger partial charge in [0.05, 0.1) is 42.2 Å². The highest BCUT2D eigenvalue weighted by atomic mass is 32.2. The second-order valence-corrected chi connectivity index (χ2v) is 9.88. The predicted octanol–water partition coefficient (Wildman–Crippen LogP) is 4.55. The molecule has 4 rings (SSSR count). The van der Waals surface area contributed by atoms with Gasteiger partial charge < -0.3 is 19.7 Å². The smallest absolute Gasteiger partial charge is 0.262 e. The molecule has 192 valence electrons. The zero-order chi connectivity index (χ0) is 25.5. The van der Waals surface area contributed by atoms with Crippen LogP contribution in [0.4, 0.5) is 11.4 Å². The van der Waals surface area contributed by atoms with Crippen molar-refractivity contribution in [3.05, 3.63) is 52.8 Å². The molecule has 1 saturated heterocycles. The van der Waals surface area contributed by atoms with Gasteiger partial charge in [0, 0.05) is 25.3 Å². The Hall–Kier alpha value is -3.04.